The summed E-state index contributed by atoms with van der Waals surface area (Å²) < 4.78 is 46.0. The Bertz CT molecular complexity index is 1020. The topological polar surface area (TPSA) is 81.2 Å². The molecule has 0 saturated carbocycles. The molecule has 1 heterocycles. The fourth-order valence-electron chi connectivity index (χ4n) is 2.86. The third kappa shape index (κ3) is 6.20. The van der Waals surface area contributed by atoms with E-state index in [0.29, 0.717) is 24.8 Å². The van der Waals surface area contributed by atoms with Gasteiger partial charge in [0, 0.05) is 23.9 Å². The van der Waals surface area contributed by atoms with Gasteiger partial charge in [-0.1, -0.05) is 31.2 Å². The summed E-state index contributed by atoms with van der Waals surface area (Å²) in [5.74, 6) is -0.443. The SMILES string of the molecule is C=C(C)C(=O)OCCCCCCn1cc(-c2ccccc2C(F)(F)F)c(=O)[nH]c1=O. The van der Waals surface area contributed by atoms with E-state index in [-0.39, 0.29) is 24.3 Å². The zero-order valence-corrected chi connectivity index (χ0v) is 16.6. The number of rotatable bonds is 9. The molecule has 0 aliphatic heterocycles. The molecule has 1 aromatic heterocycles. The molecule has 6 nitrogen and oxygen atoms in total. The van der Waals surface area contributed by atoms with E-state index < -0.39 is 29.0 Å². The number of halogens is 3. The van der Waals surface area contributed by atoms with Crippen LogP contribution in [0.5, 0.6) is 0 Å². The number of ether oxygens (including phenoxy) is 1. The van der Waals surface area contributed by atoms with Crippen LogP contribution in [0, 0.1) is 0 Å². The lowest BCUT2D eigenvalue weighted by molar-refractivity contribution is -0.139. The van der Waals surface area contributed by atoms with Crippen LogP contribution < -0.4 is 11.2 Å². The lowest BCUT2D eigenvalue weighted by atomic mass is 10.0. The van der Waals surface area contributed by atoms with E-state index in [1.165, 1.54) is 29.0 Å². The summed E-state index contributed by atoms with van der Waals surface area (Å²) in [7, 11) is 0. The van der Waals surface area contributed by atoms with Gasteiger partial charge < -0.3 is 4.74 Å². The largest absolute Gasteiger partial charge is 0.462 e. The van der Waals surface area contributed by atoms with Crippen molar-refractivity contribution in [3.63, 3.8) is 0 Å². The van der Waals surface area contributed by atoms with E-state index in [1.54, 1.807) is 6.92 Å². The summed E-state index contributed by atoms with van der Waals surface area (Å²) in [6.07, 6.45) is -0.793. The molecular weight excluding hydrogens is 401 g/mol. The molecule has 30 heavy (non-hydrogen) atoms. The Hall–Kier alpha value is -3.10. The zero-order chi connectivity index (χ0) is 22.3. The van der Waals surface area contributed by atoms with Crippen LogP contribution in [0.2, 0.25) is 0 Å². The van der Waals surface area contributed by atoms with Crippen molar-refractivity contribution in [3.05, 3.63) is 69.0 Å². The molecule has 0 unspecified atom stereocenters. The van der Waals surface area contributed by atoms with Crippen molar-refractivity contribution >= 4 is 5.97 Å². The number of esters is 1. The van der Waals surface area contributed by atoms with Gasteiger partial charge >= 0.3 is 17.8 Å². The Kier molecular flexibility index (Phi) is 7.79. The first-order valence-electron chi connectivity index (χ1n) is 9.44. The predicted octanol–water partition coefficient (Wildman–Crippen LogP) is 3.90. The third-order valence-electron chi connectivity index (χ3n) is 4.41. The van der Waals surface area contributed by atoms with Crippen LogP contribution in [0.25, 0.3) is 11.1 Å². The number of carbonyl (C=O) groups is 1. The molecule has 0 saturated heterocycles. The Labute approximate surface area is 171 Å². The standard InChI is InChI=1S/C21H23F3N2O4/c1-14(2)19(28)30-12-8-4-3-7-11-26-13-16(18(27)25-20(26)29)15-9-5-6-10-17(15)21(22,23)24/h5-6,9-10,13H,1,3-4,7-8,11-12H2,2H3,(H,25,27,29). The Morgan fingerprint density at radius 3 is 2.43 bits per heavy atom. The minimum atomic E-state index is -4.63. The number of unbranched alkanes of at least 4 members (excludes halogenated alkanes) is 3. The van der Waals surface area contributed by atoms with Crippen LogP contribution in [-0.2, 0) is 22.3 Å². The predicted molar refractivity (Wildman–Crippen MR) is 106 cm³/mol. The van der Waals surface area contributed by atoms with Crippen LogP contribution in [0.4, 0.5) is 13.2 Å². The van der Waals surface area contributed by atoms with Gasteiger partial charge in [0.05, 0.1) is 17.7 Å². The van der Waals surface area contributed by atoms with Gasteiger partial charge in [0.15, 0.2) is 0 Å². The van der Waals surface area contributed by atoms with Crippen molar-refractivity contribution in [1.29, 1.82) is 0 Å². The number of aromatic amines is 1. The second kappa shape index (κ2) is 10.1. The van der Waals surface area contributed by atoms with E-state index in [9.17, 15) is 27.6 Å². The minimum Gasteiger partial charge on any atom is -0.462 e. The number of nitrogens with one attached hydrogen (secondary N) is 1. The highest BCUT2D eigenvalue weighted by molar-refractivity contribution is 5.86. The Morgan fingerprint density at radius 1 is 1.10 bits per heavy atom. The first-order valence-corrected chi connectivity index (χ1v) is 9.44. The maximum atomic E-state index is 13.3. The summed E-state index contributed by atoms with van der Waals surface area (Å²) >= 11 is 0. The highest BCUT2D eigenvalue weighted by atomic mass is 19.4. The number of hydrogen-bond donors (Lipinski definition) is 1. The summed E-state index contributed by atoms with van der Waals surface area (Å²) in [6, 6.07) is 4.74. The summed E-state index contributed by atoms with van der Waals surface area (Å²) in [5, 5.41) is 0. The minimum absolute atomic E-state index is 0.214. The van der Waals surface area contributed by atoms with Crippen LogP contribution in [0.3, 0.4) is 0 Å². The first-order chi connectivity index (χ1) is 14.1. The van der Waals surface area contributed by atoms with Crippen LogP contribution in [0.15, 0.2) is 52.2 Å². The van der Waals surface area contributed by atoms with E-state index in [1.807, 2.05) is 0 Å². The van der Waals surface area contributed by atoms with Crippen molar-refractivity contribution in [2.75, 3.05) is 6.61 Å². The average Bonchev–Trinajstić information content (AvgIpc) is 2.67. The third-order valence-corrected chi connectivity index (χ3v) is 4.41. The van der Waals surface area contributed by atoms with Crippen molar-refractivity contribution in [1.82, 2.24) is 9.55 Å². The highest BCUT2D eigenvalue weighted by Crippen LogP contribution is 2.35. The van der Waals surface area contributed by atoms with Crippen molar-refractivity contribution < 1.29 is 22.7 Å². The number of carbonyl (C=O) groups excluding carboxylic acids is 1. The number of aryl methyl sites for hydroxylation is 1. The van der Waals surface area contributed by atoms with Gasteiger partial charge in [-0.3, -0.25) is 14.3 Å². The number of hydrogen-bond acceptors (Lipinski definition) is 4. The molecule has 0 spiro atoms. The van der Waals surface area contributed by atoms with Crippen molar-refractivity contribution in [2.24, 2.45) is 0 Å². The van der Waals surface area contributed by atoms with E-state index in [2.05, 4.69) is 11.6 Å². The molecule has 0 radical (unpaired) electrons. The van der Waals surface area contributed by atoms with E-state index in [4.69, 9.17) is 4.74 Å². The molecule has 9 heteroatoms. The average molecular weight is 424 g/mol. The number of aromatic nitrogens is 2. The molecule has 2 rings (SSSR count). The maximum Gasteiger partial charge on any atom is 0.417 e. The van der Waals surface area contributed by atoms with Gasteiger partial charge in [0.2, 0.25) is 0 Å². The number of nitrogens with zero attached hydrogens (tertiary/aromatic N) is 1. The molecule has 2 aromatic rings. The molecule has 0 amide bonds. The molecule has 0 atom stereocenters. The van der Waals surface area contributed by atoms with Gasteiger partial charge in [0.25, 0.3) is 5.56 Å². The summed E-state index contributed by atoms with van der Waals surface area (Å²) in [6.45, 7) is 5.55. The lowest BCUT2D eigenvalue weighted by Crippen LogP contribution is -2.31. The number of H-pyrrole nitrogens is 1. The molecule has 0 bridgehead atoms. The van der Waals surface area contributed by atoms with Gasteiger partial charge in [-0.25, -0.2) is 9.59 Å². The number of alkyl halides is 3. The van der Waals surface area contributed by atoms with Crippen molar-refractivity contribution in [2.45, 2.75) is 45.3 Å². The molecule has 0 aliphatic carbocycles. The van der Waals surface area contributed by atoms with Crippen LogP contribution in [-0.4, -0.2) is 22.1 Å². The van der Waals surface area contributed by atoms with Gasteiger partial charge in [0.1, 0.15) is 0 Å². The van der Waals surface area contributed by atoms with Gasteiger partial charge in [-0.15, -0.1) is 0 Å². The van der Waals surface area contributed by atoms with E-state index >= 15 is 0 Å². The van der Waals surface area contributed by atoms with Gasteiger partial charge in [-0.2, -0.15) is 13.2 Å². The van der Waals surface area contributed by atoms with Crippen LogP contribution in [0.1, 0.15) is 38.2 Å². The normalized spacial score (nSPS) is 11.3. The molecule has 0 aliphatic rings. The smallest absolute Gasteiger partial charge is 0.417 e. The second-order valence-electron chi connectivity index (χ2n) is 6.87. The Morgan fingerprint density at radius 2 is 1.77 bits per heavy atom. The summed E-state index contributed by atoms with van der Waals surface area (Å²) in [5.41, 5.74) is -2.65. The van der Waals surface area contributed by atoms with E-state index in [0.717, 1.165) is 12.5 Å². The molecule has 1 aromatic carbocycles. The monoisotopic (exact) mass is 424 g/mol. The maximum absolute atomic E-state index is 13.3. The lowest BCUT2D eigenvalue weighted by Gasteiger charge is -2.13. The van der Waals surface area contributed by atoms with Gasteiger partial charge in [-0.05, 0) is 32.3 Å². The fraction of sp³-hybridized carbons (Fsp3) is 0.381. The van der Waals surface area contributed by atoms with Crippen molar-refractivity contribution in [3.8, 4) is 11.1 Å². The first kappa shape index (κ1) is 23.2. The molecule has 162 valence electrons. The molecule has 0 fully saturated rings. The second-order valence-corrected chi connectivity index (χ2v) is 6.87. The van der Waals surface area contributed by atoms with Crippen LogP contribution >= 0.6 is 0 Å². The fourth-order valence-corrected chi connectivity index (χ4v) is 2.86. The highest BCUT2D eigenvalue weighted by Gasteiger charge is 2.34. The summed E-state index contributed by atoms with van der Waals surface area (Å²) in [4.78, 5) is 37.5. The molecule has 1 N–H and O–H groups in total. The Balaban J connectivity index is 2.03. The number of benzene rings is 1. The molecular formula is C21H23F3N2O4. The zero-order valence-electron chi connectivity index (χ0n) is 16.6. The quantitative estimate of drug-likeness (QED) is 0.376.